The van der Waals surface area contributed by atoms with E-state index in [9.17, 15) is 9.59 Å². The Balaban J connectivity index is 1.65. The number of hydrogen-bond donors (Lipinski definition) is 1. The van der Waals surface area contributed by atoms with Crippen LogP contribution in [0.15, 0.2) is 39.4 Å². The van der Waals surface area contributed by atoms with Crippen molar-refractivity contribution >= 4 is 11.8 Å². The van der Waals surface area contributed by atoms with Crippen LogP contribution in [0, 0.1) is 6.92 Å². The van der Waals surface area contributed by atoms with Gasteiger partial charge in [-0.3, -0.25) is 9.59 Å². The van der Waals surface area contributed by atoms with Gasteiger partial charge in [-0.15, -0.1) is 0 Å². The number of hydrogen-bond acceptors (Lipinski definition) is 4. The fraction of sp³-hybridized carbons (Fsp3) is 0.375. The first-order valence-corrected chi connectivity index (χ1v) is 7.17. The van der Waals surface area contributed by atoms with Crippen LogP contribution in [0.3, 0.4) is 0 Å². The van der Waals surface area contributed by atoms with E-state index in [0.717, 1.165) is 11.5 Å². The molecule has 0 aliphatic carbocycles. The third-order valence-corrected chi connectivity index (χ3v) is 3.21. The van der Waals surface area contributed by atoms with Crippen molar-refractivity contribution in [2.45, 2.75) is 26.3 Å². The molecule has 6 heteroatoms. The summed E-state index contributed by atoms with van der Waals surface area (Å²) in [5.41, 5.74) is 0. The molecule has 2 aromatic rings. The van der Waals surface area contributed by atoms with E-state index in [1.807, 2.05) is 19.1 Å². The average Bonchev–Trinajstić information content (AvgIpc) is 3.14. The minimum atomic E-state index is -0.267. The molecule has 0 saturated heterocycles. The second kappa shape index (κ2) is 7.49. The summed E-state index contributed by atoms with van der Waals surface area (Å²) in [7, 11) is 1.74. The molecule has 0 unspecified atom stereocenters. The molecule has 118 valence electrons. The summed E-state index contributed by atoms with van der Waals surface area (Å²) in [5.74, 6) is 1.62. The lowest BCUT2D eigenvalue weighted by atomic mass is 10.2. The summed E-state index contributed by atoms with van der Waals surface area (Å²) in [6, 6.07) is 6.99. The number of rotatable bonds is 7. The van der Waals surface area contributed by atoms with Crippen LogP contribution in [0.4, 0.5) is 0 Å². The highest BCUT2D eigenvalue weighted by Gasteiger charge is 2.12. The molecule has 0 atom stereocenters. The summed E-state index contributed by atoms with van der Waals surface area (Å²) < 4.78 is 10.4. The molecule has 0 saturated carbocycles. The maximum atomic E-state index is 12.0. The van der Waals surface area contributed by atoms with Gasteiger partial charge in [-0.1, -0.05) is 0 Å². The first kappa shape index (κ1) is 15.9. The minimum absolute atomic E-state index is 0.0151. The number of furan rings is 2. The Bertz CT molecular complexity index is 616. The number of nitrogens with zero attached hydrogens (tertiary/aromatic N) is 1. The molecule has 0 aliphatic rings. The van der Waals surface area contributed by atoms with Gasteiger partial charge < -0.3 is 19.1 Å². The molecule has 0 bridgehead atoms. The standard InChI is InChI=1S/C16H20N2O4/c1-12-7-8-13(22-12)11-18(2)15(19)6-3-9-17-16(20)14-5-4-10-21-14/h4-5,7-8,10H,3,6,9,11H2,1-2H3,(H,17,20). The van der Waals surface area contributed by atoms with Gasteiger partial charge in [-0.25, -0.2) is 0 Å². The first-order valence-electron chi connectivity index (χ1n) is 7.17. The maximum absolute atomic E-state index is 12.0. The van der Waals surface area contributed by atoms with Crippen molar-refractivity contribution < 1.29 is 18.4 Å². The van der Waals surface area contributed by atoms with Crippen LogP contribution >= 0.6 is 0 Å². The zero-order valence-corrected chi connectivity index (χ0v) is 12.8. The number of carbonyl (C=O) groups is 2. The van der Waals surface area contributed by atoms with E-state index in [1.165, 1.54) is 6.26 Å². The minimum Gasteiger partial charge on any atom is -0.464 e. The summed E-state index contributed by atoms with van der Waals surface area (Å²) in [5, 5.41) is 2.71. The van der Waals surface area contributed by atoms with Crippen LogP contribution < -0.4 is 5.32 Å². The van der Waals surface area contributed by atoms with Gasteiger partial charge in [0.15, 0.2) is 5.76 Å². The molecule has 1 N–H and O–H groups in total. The lowest BCUT2D eigenvalue weighted by Crippen LogP contribution is -2.28. The predicted octanol–water partition coefficient (Wildman–Crippen LogP) is 2.35. The van der Waals surface area contributed by atoms with Crippen molar-refractivity contribution in [2.75, 3.05) is 13.6 Å². The zero-order chi connectivity index (χ0) is 15.9. The molecule has 0 radical (unpaired) electrons. The molecular formula is C16H20N2O4. The van der Waals surface area contributed by atoms with Crippen molar-refractivity contribution in [3.8, 4) is 0 Å². The fourth-order valence-corrected chi connectivity index (χ4v) is 2.02. The van der Waals surface area contributed by atoms with E-state index in [0.29, 0.717) is 25.9 Å². The highest BCUT2D eigenvalue weighted by molar-refractivity contribution is 5.91. The van der Waals surface area contributed by atoms with Gasteiger partial charge in [0.25, 0.3) is 5.91 Å². The molecule has 6 nitrogen and oxygen atoms in total. The Hall–Kier alpha value is -2.50. The highest BCUT2D eigenvalue weighted by atomic mass is 16.3. The maximum Gasteiger partial charge on any atom is 0.286 e. The van der Waals surface area contributed by atoms with E-state index in [4.69, 9.17) is 8.83 Å². The summed E-state index contributed by atoms with van der Waals surface area (Å²) in [4.78, 5) is 25.2. The van der Waals surface area contributed by atoms with Crippen molar-refractivity contribution in [3.63, 3.8) is 0 Å². The fourth-order valence-electron chi connectivity index (χ4n) is 2.02. The number of aryl methyl sites for hydroxylation is 1. The molecule has 0 spiro atoms. The summed E-state index contributed by atoms with van der Waals surface area (Å²) >= 11 is 0. The largest absolute Gasteiger partial charge is 0.464 e. The molecule has 0 aromatic carbocycles. The highest BCUT2D eigenvalue weighted by Crippen LogP contribution is 2.09. The predicted molar refractivity (Wildman–Crippen MR) is 80.2 cm³/mol. The van der Waals surface area contributed by atoms with E-state index in [2.05, 4.69) is 5.32 Å². The third-order valence-electron chi connectivity index (χ3n) is 3.21. The average molecular weight is 304 g/mol. The second-order valence-corrected chi connectivity index (χ2v) is 5.10. The quantitative estimate of drug-likeness (QED) is 0.797. The number of amides is 2. The third kappa shape index (κ3) is 4.51. The lowest BCUT2D eigenvalue weighted by Gasteiger charge is -2.15. The summed E-state index contributed by atoms with van der Waals surface area (Å²) in [6.45, 7) is 2.75. The zero-order valence-electron chi connectivity index (χ0n) is 12.8. The normalized spacial score (nSPS) is 10.5. The van der Waals surface area contributed by atoms with Crippen molar-refractivity contribution in [1.29, 1.82) is 0 Å². The van der Waals surface area contributed by atoms with Gasteiger partial charge in [0, 0.05) is 20.0 Å². The van der Waals surface area contributed by atoms with Gasteiger partial charge in [0.1, 0.15) is 11.5 Å². The molecule has 0 aliphatic heterocycles. The SMILES string of the molecule is Cc1ccc(CN(C)C(=O)CCCNC(=O)c2ccco2)o1. The van der Waals surface area contributed by atoms with Gasteiger partial charge in [-0.05, 0) is 37.6 Å². The van der Waals surface area contributed by atoms with Gasteiger partial charge in [-0.2, -0.15) is 0 Å². The van der Waals surface area contributed by atoms with E-state index in [1.54, 1.807) is 24.1 Å². The van der Waals surface area contributed by atoms with E-state index >= 15 is 0 Å². The van der Waals surface area contributed by atoms with Crippen LogP contribution in [0.1, 0.15) is 34.9 Å². The molecular weight excluding hydrogens is 284 g/mol. The Labute approximate surface area is 129 Å². The van der Waals surface area contributed by atoms with Crippen LogP contribution in [0.5, 0.6) is 0 Å². The smallest absolute Gasteiger partial charge is 0.286 e. The van der Waals surface area contributed by atoms with Gasteiger partial charge in [0.2, 0.25) is 5.91 Å². The van der Waals surface area contributed by atoms with Gasteiger partial charge in [0.05, 0.1) is 12.8 Å². The van der Waals surface area contributed by atoms with Crippen LogP contribution in [-0.4, -0.2) is 30.3 Å². The molecule has 2 aromatic heterocycles. The Morgan fingerprint density at radius 1 is 1.27 bits per heavy atom. The van der Waals surface area contributed by atoms with Crippen LogP contribution in [-0.2, 0) is 11.3 Å². The van der Waals surface area contributed by atoms with Crippen molar-refractivity contribution in [3.05, 3.63) is 47.8 Å². The molecule has 22 heavy (non-hydrogen) atoms. The molecule has 0 fully saturated rings. The van der Waals surface area contributed by atoms with Gasteiger partial charge >= 0.3 is 0 Å². The first-order chi connectivity index (χ1) is 10.6. The van der Waals surface area contributed by atoms with E-state index < -0.39 is 0 Å². The number of carbonyl (C=O) groups excluding carboxylic acids is 2. The van der Waals surface area contributed by atoms with Crippen molar-refractivity contribution in [1.82, 2.24) is 10.2 Å². The Morgan fingerprint density at radius 2 is 2.09 bits per heavy atom. The Kier molecular flexibility index (Phi) is 5.41. The monoisotopic (exact) mass is 304 g/mol. The van der Waals surface area contributed by atoms with E-state index in [-0.39, 0.29) is 17.6 Å². The van der Waals surface area contributed by atoms with Crippen LogP contribution in [0.25, 0.3) is 0 Å². The van der Waals surface area contributed by atoms with Crippen molar-refractivity contribution in [2.24, 2.45) is 0 Å². The molecule has 2 heterocycles. The van der Waals surface area contributed by atoms with Crippen LogP contribution in [0.2, 0.25) is 0 Å². The lowest BCUT2D eigenvalue weighted by molar-refractivity contribution is -0.130. The molecule has 2 amide bonds. The number of nitrogens with one attached hydrogen (secondary N) is 1. The summed E-state index contributed by atoms with van der Waals surface area (Å²) in [6.07, 6.45) is 2.39. The Morgan fingerprint density at radius 3 is 2.73 bits per heavy atom. The topological polar surface area (TPSA) is 75.7 Å². The molecule has 2 rings (SSSR count). The second-order valence-electron chi connectivity index (χ2n) is 5.10.